The van der Waals surface area contributed by atoms with Gasteiger partial charge in [0, 0.05) is 12.2 Å². The molecule has 0 atom stereocenters. The lowest BCUT2D eigenvalue weighted by Crippen LogP contribution is -1.94. The number of hydrogen-bond acceptors (Lipinski definition) is 1. The molecular formula is C18H27N. The number of hydrogen-bond donors (Lipinski definition) is 1. The van der Waals surface area contributed by atoms with Crippen molar-refractivity contribution < 1.29 is 0 Å². The quantitative estimate of drug-likeness (QED) is 0.754. The Morgan fingerprint density at radius 1 is 0.737 bits per heavy atom. The van der Waals surface area contributed by atoms with Gasteiger partial charge in [-0.3, -0.25) is 0 Å². The minimum absolute atomic E-state index is 0.990. The van der Waals surface area contributed by atoms with Crippen LogP contribution in [-0.2, 0) is 0 Å². The molecule has 0 aliphatic carbocycles. The molecular weight excluding hydrogens is 230 g/mol. The zero-order valence-electron chi connectivity index (χ0n) is 12.9. The van der Waals surface area contributed by atoms with Crippen molar-refractivity contribution in [2.75, 3.05) is 11.9 Å². The van der Waals surface area contributed by atoms with Gasteiger partial charge in [0.25, 0.3) is 0 Å². The van der Waals surface area contributed by atoms with E-state index in [-0.39, 0.29) is 0 Å². The van der Waals surface area contributed by atoms with E-state index >= 15 is 0 Å². The molecule has 1 N–H and O–H groups in total. The smallest absolute Gasteiger partial charge is 0.0340 e. The Labute approximate surface area is 118 Å². The molecule has 0 saturated heterocycles. The topological polar surface area (TPSA) is 12.0 Å². The molecule has 0 saturated carbocycles. The lowest BCUT2D eigenvalue weighted by molar-refractivity contribution is 1.21. The summed E-state index contributed by atoms with van der Waals surface area (Å²) in [6.45, 7) is 11.3. The van der Waals surface area contributed by atoms with Gasteiger partial charge in [-0.05, 0) is 44.0 Å². The molecule has 1 heteroatoms. The molecule has 0 fully saturated rings. The normalized spacial score (nSPS) is 8.47. The van der Waals surface area contributed by atoms with Crippen LogP contribution in [0.4, 0.5) is 5.69 Å². The van der Waals surface area contributed by atoms with Gasteiger partial charge < -0.3 is 5.32 Å². The van der Waals surface area contributed by atoms with Crippen molar-refractivity contribution in [3.8, 4) is 0 Å². The van der Waals surface area contributed by atoms with Crippen molar-refractivity contribution in [3.63, 3.8) is 0 Å². The first-order chi connectivity index (χ1) is 9.24. The van der Waals surface area contributed by atoms with Gasteiger partial charge in [-0.1, -0.05) is 56.3 Å². The van der Waals surface area contributed by atoms with Crippen LogP contribution in [0.2, 0.25) is 0 Å². The number of benzene rings is 2. The highest BCUT2D eigenvalue weighted by Crippen LogP contribution is 2.03. The fourth-order valence-electron chi connectivity index (χ4n) is 1.42. The standard InChI is InChI=1S/C8H11N.C8H10.C2H6/c1-2-9-8-6-4-3-5-7-8;1-7-5-3-4-6-8(7)2;1-2/h3-7,9H,2H2,1H3;3-6H,1-2H3;1-2H3. The molecule has 0 aliphatic rings. The summed E-state index contributed by atoms with van der Waals surface area (Å²) in [6, 6.07) is 18.5. The molecule has 0 aromatic heterocycles. The highest BCUT2D eigenvalue weighted by molar-refractivity contribution is 5.41. The molecule has 2 aromatic carbocycles. The van der Waals surface area contributed by atoms with Crippen LogP contribution < -0.4 is 5.32 Å². The minimum Gasteiger partial charge on any atom is -0.385 e. The monoisotopic (exact) mass is 257 g/mol. The average molecular weight is 257 g/mol. The van der Waals surface area contributed by atoms with E-state index in [1.165, 1.54) is 16.8 Å². The van der Waals surface area contributed by atoms with Crippen LogP contribution >= 0.6 is 0 Å². The third kappa shape index (κ3) is 8.04. The second-order valence-corrected chi connectivity index (χ2v) is 3.98. The summed E-state index contributed by atoms with van der Waals surface area (Å²) in [5, 5.41) is 3.21. The van der Waals surface area contributed by atoms with Gasteiger partial charge in [0.05, 0.1) is 0 Å². The van der Waals surface area contributed by atoms with E-state index in [0.29, 0.717) is 0 Å². The van der Waals surface area contributed by atoms with E-state index in [9.17, 15) is 0 Å². The number of aryl methyl sites for hydroxylation is 2. The Kier molecular flexibility index (Phi) is 10.3. The van der Waals surface area contributed by atoms with Crippen LogP contribution in [-0.4, -0.2) is 6.54 Å². The maximum absolute atomic E-state index is 3.21. The molecule has 0 radical (unpaired) electrons. The van der Waals surface area contributed by atoms with Crippen molar-refractivity contribution in [3.05, 3.63) is 65.7 Å². The van der Waals surface area contributed by atoms with Crippen LogP contribution in [0.5, 0.6) is 0 Å². The van der Waals surface area contributed by atoms with Gasteiger partial charge in [-0.25, -0.2) is 0 Å². The molecule has 0 spiro atoms. The van der Waals surface area contributed by atoms with Gasteiger partial charge >= 0.3 is 0 Å². The summed E-state index contributed by atoms with van der Waals surface area (Å²) >= 11 is 0. The molecule has 0 aliphatic heterocycles. The van der Waals surface area contributed by atoms with Crippen molar-refractivity contribution in [2.45, 2.75) is 34.6 Å². The van der Waals surface area contributed by atoms with Crippen LogP contribution in [0.15, 0.2) is 54.6 Å². The Morgan fingerprint density at radius 2 is 1.16 bits per heavy atom. The van der Waals surface area contributed by atoms with Gasteiger partial charge in [-0.15, -0.1) is 0 Å². The van der Waals surface area contributed by atoms with E-state index < -0.39 is 0 Å². The summed E-state index contributed by atoms with van der Waals surface area (Å²) in [6.07, 6.45) is 0. The zero-order valence-corrected chi connectivity index (χ0v) is 12.9. The second kappa shape index (κ2) is 11.3. The molecule has 2 rings (SSSR count). The van der Waals surface area contributed by atoms with E-state index in [2.05, 4.69) is 62.5 Å². The van der Waals surface area contributed by atoms with Crippen molar-refractivity contribution in [2.24, 2.45) is 0 Å². The number of rotatable bonds is 2. The van der Waals surface area contributed by atoms with E-state index in [1.54, 1.807) is 0 Å². The predicted octanol–water partition coefficient (Wildman–Crippen LogP) is 5.45. The molecule has 0 unspecified atom stereocenters. The summed E-state index contributed by atoms with van der Waals surface area (Å²) in [7, 11) is 0. The Morgan fingerprint density at radius 3 is 1.53 bits per heavy atom. The fourth-order valence-corrected chi connectivity index (χ4v) is 1.42. The van der Waals surface area contributed by atoms with Crippen LogP contribution in [0.25, 0.3) is 0 Å². The maximum Gasteiger partial charge on any atom is 0.0340 e. The number of nitrogens with one attached hydrogen (secondary N) is 1. The van der Waals surface area contributed by atoms with Gasteiger partial charge in [-0.2, -0.15) is 0 Å². The lowest BCUT2D eigenvalue weighted by Gasteiger charge is -1.99. The van der Waals surface area contributed by atoms with Gasteiger partial charge in [0.1, 0.15) is 0 Å². The first-order valence-corrected chi connectivity index (χ1v) is 7.05. The minimum atomic E-state index is 0.990. The van der Waals surface area contributed by atoms with E-state index in [1.807, 2.05) is 32.0 Å². The highest BCUT2D eigenvalue weighted by Gasteiger charge is 1.84. The molecule has 0 bridgehead atoms. The molecule has 19 heavy (non-hydrogen) atoms. The van der Waals surface area contributed by atoms with Gasteiger partial charge in [0.15, 0.2) is 0 Å². The van der Waals surface area contributed by atoms with Crippen LogP contribution in [0.3, 0.4) is 0 Å². The first kappa shape index (κ1) is 17.2. The summed E-state index contributed by atoms with van der Waals surface area (Å²) < 4.78 is 0. The van der Waals surface area contributed by atoms with Crippen molar-refractivity contribution in [1.29, 1.82) is 0 Å². The Bertz CT molecular complexity index is 400. The predicted molar refractivity (Wildman–Crippen MR) is 87.9 cm³/mol. The second-order valence-electron chi connectivity index (χ2n) is 3.98. The number of anilines is 1. The van der Waals surface area contributed by atoms with E-state index in [0.717, 1.165) is 6.54 Å². The Balaban J connectivity index is 0.000000303. The number of para-hydroxylation sites is 1. The maximum atomic E-state index is 3.21. The molecule has 104 valence electrons. The van der Waals surface area contributed by atoms with Gasteiger partial charge in [0.2, 0.25) is 0 Å². The average Bonchev–Trinajstić information content (AvgIpc) is 2.47. The lowest BCUT2D eigenvalue weighted by atomic mass is 10.1. The summed E-state index contributed by atoms with van der Waals surface area (Å²) in [5.74, 6) is 0. The highest BCUT2D eigenvalue weighted by atomic mass is 14.8. The SMILES string of the molecule is CC.CCNc1ccccc1.Cc1ccccc1C. The van der Waals surface area contributed by atoms with Crippen LogP contribution in [0.1, 0.15) is 31.9 Å². The molecule has 1 nitrogen and oxygen atoms in total. The summed E-state index contributed by atoms with van der Waals surface area (Å²) in [5.41, 5.74) is 3.93. The fraction of sp³-hybridized carbons (Fsp3) is 0.333. The molecule has 0 amide bonds. The molecule has 2 aromatic rings. The largest absolute Gasteiger partial charge is 0.385 e. The van der Waals surface area contributed by atoms with Crippen molar-refractivity contribution in [1.82, 2.24) is 0 Å². The third-order valence-electron chi connectivity index (χ3n) is 2.58. The van der Waals surface area contributed by atoms with Crippen molar-refractivity contribution >= 4 is 5.69 Å². The Hall–Kier alpha value is -1.76. The third-order valence-corrected chi connectivity index (χ3v) is 2.58. The molecule has 0 heterocycles. The first-order valence-electron chi connectivity index (χ1n) is 7.05. The zero-order chi connectivity index (χ0) is 14.5. The van der Waals surface area contributed by atoms with Crippen LogP contribution in [0, 0.1) is 13.8 Å². The van der Waals surface area contributed by atoms with E-state index in [4.69, 9.17) is 0 Å². The summed E-state index contributed by atoms with van der Waals surface area (Å²) in [4.78, 5) is 0.